The quantitative estimate of drug-likeness (QED) is 0.910. The first-order valence-electron chi connectivity index (χ1n) is 5.88. The van der Waals surface area contributed by atoms with E-state index in [1.165, 1.54) is 0 Å². The van der Waals surface area contributed by atoms with Crippen molar-refractivity contribution in [2.75, 3.05) is 5.75 Å². The number of fused-ring (bicyclic) bond motifs is 1. The van der Waals surface area contributed by atoms with Gasteiger partial charge in [0, 0.05) is 5.39 Å². The Morgan fingerprint density at radius 3 is 2.63 bits per heavy atom. The van der Waals surface area contributed by atoms with E-state index >= 15 is 0 Å². The van der Waals surface area contributed by atoms with Gasteiger partial charge in [0.2, 0.25) is 0 Å². The van der Waals surface area contributed by atoms with Gasteiger partial charge in [-0.2, -0.15) is 0 Å². The van der Waals surface area contributed by atoms with E-state index in [2.05, 4.69) is 0 Å². The average molecular weight is 282 g/mol. The third-order valence-corrected chi connectivity index (χ3v) is 4.48. The molecule has 0 atom stereocenters. The van der Waals surface area contributed by atoms with Gasteiger partial charge in [-0.25, -0.2) is 13.2 Å². The molecule has 2 aromatic rings. The lowest BCUT2D eigenvalue weighted by molar-refractivity contribution is 0.0697. The number of para-hydroxylation sites is 1. The molecule has 102 valence electrons. The molecular weight excluding hydrogens is 268 g/mol. The minimum absolute atomic E-state index is 0.00199. The summed E-state index contributed by atoms with van der Waals surface area (Å²) in [6.45, 7) is 1.76. The third kappa shape index (κ3) is 2.78. The van der Waals surface area contributed by atoms with Crippen LogP contribution < -0.4 is 0 Å². The molecule has 6 heteroatoms. The zero-order valence-corrected chi connectivity index (χ0v) is 11.2. The summed E-state index contributed by atoms with van der Waals surface area (Å²) in [6, 6.07) is 6.63. The van der Waals surface area contributed by atoms with Gasteiger partial charge in [0.1, 0.15) is 22.7 Å². The van der Waals surface area contributed by atoms with Crippen molar-refractivity contribution in [3.8, 4) is 0 Å². The van der Waals surface area contributed by atoms with Gasteiger partial charge < -0.3 is 9.52 Å². The van der Waals surface area contributed by atoms with Crippen LogP contribution in [0.15, 0.2) is 28.7 Å². The molecule has 0 saturated heterocycles. The Hall–Kier alpha value is -1.82. The molecule has 0 radical (unpaired) electrons. The van der Waals surface area contributed by atoms with E-state index in [1.54, 1.807) is 31.2 Å². The van der Waals surface area contributed by atoms with E-state index in [1.807, 2.05) is 0 Å². The minimum atomic E-state index is -3.35. The topological polar surface area (TPSA) is 84.6 Å². The smallest absolute Gasteiger partial charge is 0.339 e. The predicted octanol–water partition coefficient (Wildman–Crippen LogP) is 2.46. The highest BCUT2D eigenvalue weighted by Gasteiger charge is 2.24. The SMILES string of the molecule is CCCS(=O)(=O)Cc1oc2ccccc2c1C(=O)O. The molecule has 0 spiro atoms. The van der Waals surface area contributed by atoms with Crippen molar-refractivity contribution < 1.29 is 22.7 Å². The Morgan fingerprint density at radius 1 is 1.32 bits per heavy atom. The fourth-order valence-corrected chi connectivity index (χ4v) is 3.38. The fraction of sp³-hybridized carbons (Fsp3) is 0.308. The molecule has 0 unspecified atom stereocenters. The molecule has 0 aliphatic heterocycles. The maximum Gasteiger partial charge on any atom is 0.339 e. The molecule has 1 aromatic heterocycles. The fourth-order valence-electron chi connectivity index (χ4n) is 2.02. The van der Waals surface area contributed by atoms with Gasteiger partial charge in [-0.15, -0.1) is 0 Å². The number of furan rings is 1. The van der Waals surface area contributed by atoms with Gasteiger partial charge in [0.05, 0.1) is 5.75 Å². The number of carboxylic acid groups (broad SMARTS) is 1. The molecule has 19 heavy (non-hydrogen) atoms. The predicted molar refractivity (Wildman–Crippen MR) is 71.0 cm³/mol. The number of carboxylic acids is 1. The van der Waals surface area contributed by atoms with Gasteiger partial charge in [-0.1, -0.05) is 25.1 Å². The number of sulfone groups is 1. The van der Waals surface area contributed by atoms with Crippen molar-refractivity contribution in [1.29, 1.82) is 0 Å². The summed E-state index contributed by atoms with van der Waals surface area (Å²) in [7, 11) is -3.35. The number of hydrogen-bond donors (Lipinski definition) is 1. The van der Waals surface area contributed by atoms with Crippen LogP contribution in [0.5, 0.6) is 0 Å². The van der Waals surface area contributed by atoms with Crippen LogP contribution in [-0.4, -0.2) is 25.2 Å². The molecule has 0 saturated carbocycles. The summed E-state index contributed by atoms with van der Waals surface area (Å²) < 4.78 is 29.0. The lowest BCUT2D eigenvalue weighted by Crippen LogP contribution is -2.10. The molecule has 2 rings (SSSR count). The van der Waals surface area contributed by atoms with Gasteiger partial charge in [0.25, 0.3) is 0 Å². The van der Waals surface area contributed by atoms with Crippen LogP contribution >= 0.6 is 0 Å². The van der Waals surface area contributed by atoms with Crippen molar-refractivity contribution in [2.24, 2.45) is 0 Å². The summed E-state index contributed by atoms with van der Waals surface area (Å²) in [4.78, 5) is 11.3. The van der Waals surface area contributed by atoms with E-state index in [-0.39, 0.29) is 22.8 Å². The molecule has 1 N–H and O–H groups in total. The van der Waals surface area contributed by atoms with Gasteiger partial charge >= 0.3 is 5.97 Å². The first-order chi connectivity index (χ1) is 8.94. The van der Waals surface area contributed by atoms with Gasteiger partial charge in [-0.3, -0.25) is 0 Å². The standard InChI is InChI=1S/C13H14O5S/c1-2-7-19(16,17)8-11-12(13(14)15)9-5-3-4-6-10(9)18-11/h3-6H,2,7-8H2,1H3,(H,14,15). The van der Waals surface area contributed by atoms with Crippen LogP contribution in [0.3, 0.4) is 0 Å². The van der Waals surface area contributed by atoms with Crippen molar-refractivity contribution in [2.45, 2.75) is 19.1 Å². The van der Waals surface area contributed by atoms with Gasteiger partial charge in [0.15, 0.2) is 9.84 Å². The molecule has 0 fully saturated rings. The number of hydrogen-bond acceptors (Lipinski definition) is 4. The van der Waals surface area contributed by atoms with Crippen LogP contribution in [0.25, 0.3) is 11.0 Å². The van der Waals surface area contributed by atoms with E-state index in [0.29, 0.717) is 17.4 Å². The average Bonchev–Trinajstić information content (AvgIpc) is 2.65. The van der Waals surface area contributed by atoms with Gasteiger partial charge in [-0.05, 0) is 12.5 Å². The molecule has 5 nitrogen and oxygen atoms in total. The summed E-state index contributed by atoms with van der Waals surface area (Å²) in [5, 5.41) is 9.65. The summed E-state index contributed by atoms with van der Waals surface area (Å²) in [6.07, 6.45) is 0.491. The van der Waals surface area contributed by atoms with E-state index in [0.717, 1.165) is 0 Å². The highest BCUT2D eigenvalue weighted by atomic mass is 32.2. The second kappa shape index (κ2) is 5.05. The first-order valence-corrected chi connectivity index (χ1v) is 7.71. The second-order valence-corrected chi connectivity index (χ2v) is 6.48. The van der Waals surface area contributed by atoms with E-state index in [9.17, 15) is 18.3 Å². The van der Waals surface area contributed by atoms with Crippen LogP contribution in [0.4, 0.5) is 0 Å². The minimum Gasteiger partial charge on any atom is -0.478 e. The zero-order valence-electron chi connectivity index (χ0n) is 10.4. The Morgan fingerprint density at radius 2 is 2.00 bits per heavy atom. The molecule has 0 amide bonds. The highest BCUT2D eigenvalue weighted by Crippen LogP contribution is 2.27. The van der Waals surface area contributed by atoms with Crippen LogP contribution in [0.1, 0.15) is 29.5 Å². The second-order valence-electron chi connectivity index (χ2n) is 4.29. The maximum absolute atomic E-state index is 11.8. The lowest BCUT2D eigenvalue weighted by Gasteiger charge is -2.01. The van der Waals surface area contributed by atoms with Crippen LogP contribution in [0, 0.1) is 0 Å². The normalized spacial score (nSPS) is 11.8. The Balaban J connectivity index is 2.54. The first kappa shape index (κ1) is 13.6. The largest absolute Gasteiger partial charge is 0.478 e. The Labute approximate surface area is 110 Å². The number of carbonyl (C=O) groups is 1. The Kier molecular flexibility index (Phi) is 3.61. The number of benzene rings is 1. The molecule has 0 bridgehead atoms. The highest BCUT2D eigenvalue weighted by molar-refractivity contribution is 7.90. The lowest BCUT2D eigenvalue weighted by atomic mass is 10.1. The summed E-state index contributed by atoms with van der Waals surface area (Å²) >= 11 is 0. The van der Waals surface area contributed by atoms with E-state index in [4.69, 9.17) is 4.42 Å². The third-order valence-electron chi connectivity index (χ3n) is 2.75. The summed E-state index contributed by atoms with van der Waals surface area (Å²) in [5.41, 5.74) is 0.330. The van der Waals surface area contributed by atoms with Crippen molar-refractivity contribution >= 4 is 26.8 Å². The molecule has 0 aliphatic carbocycles. The van der Waals surface area contributed by atoms with E-state index < -0.39 is 15.8 Å². The van der Waals surface area contributed by atoms with Crippen LogP contribution in [0.2, 0.25) is 0 Å². The Bertz CT molecular complexity index is 712. The summed E-state index contributed by atoms with van der Waals surface area (Å²) in [5.74, 6) is -1.53. The van der Waals surface area contributed by atoms with Crippen LogP contribution in [-0.2, 0) is 15.6 Å². The number of aromatic carboxylic acids is 1. The van der Waals surface area contributed by atoms with Crippen molar-refractivity contribution in [3.63, 3.8) is 0 Å². The molecule has 1 heterocycles. The maximum atomic E-state index is 11.8. The zero-order chi connectivity index (χ0) is 14.0. The monoisotopic (exact) mass is 282 g/mol. The van der Waals surface area contributed by atoms with Crippen molar-refractivity contribution in [1.82, 2.24) is 0 Å². The van der Waals surface area contributed by atoms with Crippen molar-refractivity contribution in [3.05, 3.63) is 35.6 Å². The molecule has 1 aromatic carbocycles. The molecular formula is C13H14O5S. The number of rotatable bonds is 5. The molecule has 0 aliphatic rings.